The summed E-state index contributed by atoms with van der Waals surface area (Å²) in [5.74, 6) is -0.907. The summed E-state index contributed by atoms with van der Waals surface area (Å²) in [4.78, 5) is 13.4. The predicted octanol–water partition coefficient (Wildman–Crippen LogP) is 2.04. The van der Waals surface area contributed by atoms with Crippen LogP contribution in [0.15, 0.2) is 18.2 Å². The minimum atomic E-state index is -0.907. The summed E-state index contributed by atoms with van der Waals surface area (Å²) >= 11 is 0. The van der Waals surface area contributed by atoms with Gasteiger partial charge in [-0.1, -0.05) is 11.6 Å². The minimum Gasteiger partial charge on any atom is -0.478 e. The molecule has 0 bridgehead atoms. The van der Waals surface area contributed by atoms with E-state index in [0.29, 0.717) is 5.56 Å². The monoisotopic (exact) mass is 249 g/mol. The van der Waals surface area contributed by atoms with E-state index < -0.39 is 5.97 Å². The van der Waals surface area contributed by atoms with Crippen molar-refractivity contribution in [2.75, 3.05) is 18.1 Å². The number of carboxylic acid groups (broad SMARTS) is 1. The van der Waals surface area contributed by atoms with Crippen molar-refractivity contribution in [2.45, 2.75) is 32.2 Å². The zero-order chi connectivity index (χ0) is 13.1. The van der Waals surface area contributed by atoms with Crippen molar-refractivity contribution in [2.24, 2.45) is 0 Å². The van der Waals surface area contributed by atoms with Crippen molar-refractivity contribution in [1.29, 1.82) is 0 Å². The largest absolute Gasteiger partial charge is 0.478 e. The van der Waals surface area contributed by atoms with Crippen molar-refractivity contribution < 1.29 is 15.0 Å². The lowest BCUT2D eigenvalue weighted by atomic mass is 9.99. The molecule has 0 aromatic heterocycles. The SMILES string of the molecule is Cc1ccc(N2CCCCC2CO)c(C(=O)O)c1. The quantitative estimate of drug-likeness (QED) is 0.860. The molecule has 1 heterocycles. The number of aliphatic hydroxyl groups excluding tert-OH is 1. The fourth-order valence-electron chi connectivity index (χ4n) is 2.58. The van der Waals surface area contributed by atoms with Gasteiger partial charge in [-0.05, 0) is 38.3 Å². The Morgan fingerprint density at radius 3 is 2.89 bits per heavy atom. The van der Waals surface area contributed by atoms with Gasteiger partial charge in [0.25, 0.3) is 0 Å². The van der Waals surface area contributed by atoms with Gasteiger partial charge in [0, 0.05) is 6.54 Å². The maximum Gasteiger partial charge on any atom is 0.337 e. The van der Waals surface area contributed by atoms with E-state index in [1.54, 1.807) is 6.07 Å². The Balaban J connectivity index is 2.39. The molecule has 18 heavy (non-hydrogen) atoms. The molecule has 1 unspecified atom stereocenters. The second-order valence-corrected chi connectivity index (χ2v) is 4.85. The first-order valence-corrected chi connectivity index (χ1v) is 6.35. The van der Waals surface area contributed by atoms with Gasteiger partial charge < -0.3 is 15.1 Å². The van der Waals surface area contributed by atoms with Gasteiger partial charge in [-0.3, -0.25) is 0 Å². The van der Waals surface area contributed by atoms with Crippen LogP contribution in [0.1, 0.15) is 35.2 Å². The highest BCUT2D eigenvalue weighted by Gasteiger charge is 2.25. The summed E-state index contributed by atoms with van der Waals surface area (Å²) in [6, 6.07) is 5.51. The first-order valence-electron chi connectivity index (χ1n) is 6.35. The van der Waals surface area contributed by atoms with Crippen LogP contribution in [0.2, 0.25) is 0 Å². The number of rotatable bonds is 3. The molecule has 1 aliphatic heterocycles. The Labute approximate surface area is 107 Å². The maximum atomic E-state index is 11.3. The summed E-state index contributed by atoms with van der Waals surface area (Å²) in [6.45, 7) is 2.78. The molecule has 1 aromatic rings. The average Bonchev–Trinajstić information content (AvgIpc) is 2.38. The normalized spacial score (nSPS) is 19.9. The van der Waals surface area contributed by atoms with Gasteiger partial charge in [-0.15, -0.1) is 0 Å². The Morgan fingerprint density at radius 1 is 1.44 bits per heavy atom. The highest BCUT2D eigenvalue weighted by Crippen LogP contribution is 2.28. The summed E-state index contributed by atoms with van der Waals surface area (Å²) < 4.78 is 0. The van der Waals surface area contributed by atoms with Crippen molar-refractivity contribution in [3.8, 4) is 0 Å². The molecule has 1 aromatic carbocycles. The zero-order valence-corrected chi connectivity index (χ0v) is 10.6. The maximum absolute atomic E-state index is 11.3. The number of aliphatic hydroxyl groups is 1. The van der Waals surface area contributed by atoms with E-state index in [9.17, 15) is 15.0 Å². The third-order valence-electron chi connectivity index (χ3n) is 3.53. The van der Waals surface area contributed by atoms with Gasteiger partial charge in [-0.2, -0.15) is 0 Å². The standard InChI is InChI=1S/C14H19NO3/c1-10-5-6-13(12(8-10)14(17)18)15-7-3-2-4-11(15)9-16/h5-6,8,11,16H,2-4,7,9H2,1H3,(H,17,18). The number of anilines is 1. The first kappa shape index (κ1) is 12.9. The van der Waals surface area contributed by atoms with E-state index in [4.69, 9.17) is 0 Å². The second kappa shape index (κ2) is 5.40. The van der Waals surface area contributed by atoms with E-state index in [-0.39, 0.29) is 12.6 Å². The van der Waals surface area contributed by atoms with Crippen LogP contribution >= 0.6 is 0 Å². The fraction of sp³-hybridized carbons (Fsp3) is 0.500. The summed E-state index contributed by atoms with van der Waals surface area (Å²) in [5, 5.41) is 18.7. The molecule has 2 rings (SSSR count). The summed E-state index contributed by atoms with van der Waals surface area (Å²) in [7, 11) is 0. The number of carbonyl (C=O) groups is 1. The molecule has 4 nitrogen and oxygen atoms in total. The van der Waals surface area contributed by atoms with Crippen molar-refractivity contribution in [1.82, 2.24) is 0 Å². The van der Waals surface area contributed by atoms with E-state index in [0.717, 1.165) is 37.1 Å². The Morgan fingerprint density at radius 2 is 2.22 bits per heavy atom. The second-order valence-electron chi connectivity index (χ2n) is 4.85. The molecule has 0 aliphatic carbocycles. The number of hydrogen-bond acceptors (Lipinski definition) is 3. The number of carboxylic acids is 1. The smallest absolute Gasteiger partial charge is 0.337 e. The molecule has 1 aliphatic rings. The molecular formula is C14H19NO3. The number of aromatic carboxylic acids is 1. The van der Waals surface area contributed by atoms with Crippen LogP contribution in [0.3, 0.4) is 0 Å². The van der Waals surface area contributed by atoms with Gasteiger partial charge in [-0.25, -0.2) is 4.79 Å². The van der Waals surface area contributed by atoms with Crippen LogP contribution in [0.5, 0.6) is 0 Å². The molecule has 1 saturated heterocycles. The van der Waals surface area contributed by atoms with E-state index in [2.05, 4.69) is 0 Å². The van der Waals surface area contributed by atoms with Crippen molar-refractivity contribution >= 4 is 11.7 Å². The zero-order valence-electron chi connectivity index (χ0n) is 10.6. The molecule has 0 radical (unpaired) electrons. The molecule has 0 saturated carbocycles. The summed E-state index contributed by atoms with van der Waals surface area (Å²) in [6.07, 6.45) is 3.06. The van der Waals surface area contributed by atoms with Gasteiger partial charge in [0.15, 0.2) is 0 Å². The van der Waals surface area contributed by atoms with Gasteiger partial charge >= 0.3 is 5.97 Å². The van der Waals surface area contributed by atoms with Crippen LogP contribution in [-0.4, -0.2) is 35.4 Å². The third-order valence-corrected chi connectivity index (χ3v) is 3.53. The average molecular weight is 249 g/mol. The minimum absolute atomic E-state index is 0.0413. The molecule has 1 fully saturated rings. The number of piperidine rings is 1. The molecule has 1 atom stereocenters. The van der Waals surface area contributed by atoms with Gasteiger partial charge in [0.2, 0.25) is 0 Å². The van der Waals surface area contributed by atoms with Gasteiger partial charge in [0.05, 0.1) is 23.9 Å². The van der Waals surface area contributed by atoms with Crippen LogP contribution in [-0.2, 0) is 0 Å². The van der Waals surface area contributed by atoms with Crippen LogP contribution in [0.4, 0.5) is 5.69 Å². The lowest BCUT2D eigenvalue weighted by molar-refractivity contribution is 0.0697. The van der Waals surface area contributed by atoms with Gasteiger partial charge in [0.1, 0.15) is 0 Å². The Kier molecular flexibility index (Phi) is 3.87. The number of benzene rings is 1. The van der Waals surface area contributed by atoms with E-state index in [1.165, 1.54) is 0 Å². The highest BCUT2D eigenvalue weighted by molar-refractivity contribution is 5.94. The Bertz CT molecular complexity index is 445. The first-order chi connectivity index (χ1) is 8.63. The van der Waals surface area contributed by atoms with Crippen LogP contribution < -0.4 is 4.90 Å². The molecule has 4 heteroatoms. The highest BCUT2D eigenvalue weighted by atomic mass is 16.4. The molecule has 0 spiro atoms. The molecule has 0 amide bonds. The van der Waals surface area contributed by atoms with Crippen LogP contribution in [0, 0.1) is 6.92 Å². The lowest BCUT2D eigenvalue weighted by Gasteiger charge is -2.37. The lowest BCUT2D eigenvalue weighted by Crippen LogP contribution is -2.42. The molecule has 2 N–H and O–H groups in total. The number of nitrogens with zero attached hydrogens (tertiary/aromatic N) is 1. The summed E-state index contributed by atoms with van der Waals surface area (Å²) in [5.41, 5.74) is 2.00. The number of hydrogen-bond donors (Lipinski definition) is 2. The third kappa shape index (κ3) is 2.48. The predicted molar refractivity (Wildman–Crippen MR) is 70.2 cm³/mol. The molecular weight excluding hydrogens is 230 g/mol. The number of aryl methyl sites for hydroxylation is 1. The van der Waals surface area contributed by atoms with Crippen molar-refractivity contribution in [3.63, 3.8) is 0 Å². The topological polar surface area (TPSA) is 60.8 Å². The fourth-order valence-corrected chi connectivity index (χ4v) is 2.58. The van der Waals surface area contributed by atoms with Crippen molar-refractivity contribution in [3.05, 3.63) is 29.3 Å². The van der Waals surface area contributed by atoms with E-state index >= 15 is 0 Å². The Hall–Kier alpha value is -1.55. The van der Waals surface area contributed by atoms with Crippen LogP contribution in [0.25, 0.3) is 0 Å². The van der Waals surface area contributed by atoms with E-state index in [1.807, 2.05) is 24.0 Å². The molecule has 98 valence electrons.